The summed E-state index contributed by atoms with van der Waals surface area (Å²) in [7, 11) is 7.23. The first-order chi connectivity index (χ1) is 35.0. The number of carbonyl (C=O) groups excluding carboxylic acids is 4. The maximum atomic E-state index is 13.9. The number of benzene rings is 2. The van der Waals surface area contributed by atoms with E-state index < -0.39 is 11.8 Å². The molecule has 14 heteroatoms. The maximum absolute atomic E-state index is 13.9. The van der Waals surface area contributed by atoms with Crippen molar-refractivity contribution < 1.29 is 57.1 Å². The van der Waals surface area contributed by atoms with Crippen LogP contribution in [0.5, 0.6) is 23.0 Å². The minimum absolute atomic E-state index is 0.0992. The largest absolute Gasteiger partial charge is 0.493 e. The van der Waals surface area contributed by atoms with E-state index in [1.807, 2.05) is 50.5 Å². The number of methoxy groups -OCH3 is 2. The lowest BCUT2D eigenvalue weighted by atomic mass is 9.63. The molecule has 402 valence electrons. The van der Waals surface area contributed by atoms with Crippen LogP contribution < -0.4 is 18.9 Å². The van der Waals surface area contributed by atoms with Gasteiger partial charge in [0.25, 0.3) is 0 Å². The molecule has 0 amide bonds. The first kappa shape index (κ1) is 55.0. The number of allylic oxidation sites excluding steroid dienone is 8. The third kappa shape index (κ3) is 11.9. The summed E-state index contributed by atoms with van der Waals surface area (Å²) in [6, 6.07) is 11.5. The fourth-order valence-electron chi connectivity index (χ4n) is 12.1. The van der Waals surface area contributed by atoms with Crippen LogP contribution in [0.3, 0.4) is 0 Å². The van der Waals surface area contributed by atoms with Gasteiger partial charge >= 0.3 is 0 Å². The molecule has 2 aromatic carbocycles. The Morgan fingerprint density at radius 1 is 0.392 bits per heavy atom. The van der Waals surface area contributed by atoms with Gasteiger partial charge in [-0.25, -0.2) is 0 Å². The van der Waals surface area contributed by atoms with E-state index in [-0.39, 0.29) is 44.8 Å². The molecule has 14 nitrogen and oxygen atoms in total. The molecule has 0 aromatic heterocycles. The number of hydrogen-bond donors (Lipinski definition) is 0. The van der Waals surface area contributed by atoms with Crippen molar-refractivity contribution in [3.8, 4) is 23.0 Å². The summed E-state index contributed by atoms with van der Waals surface area (Å²) in [6.07, 6.45) is 4.83. The molecular formula is C60H80N2O12. The average molecular weight is 1020 g/mol. The van der Waals surface area contributed by atoms with E-state index in [9.17, 15) is 19.2 Å². The van der Waals surface area contributed by atoms with Crippen molar-refractivity contribution in [2.75, 3.05) is 94.4 Å². The second-order valence-electron chi connectivity index (χ2n) is 24.2. The Balaban J connectivity index is 0.732. The zero-order chi connectivity index (χ0) is 53.3. The van der Waals surface area contributed by atoms with Crippen LogP contribution in [0, 0.1) is 21.7 Å². The van der Waals surface area contributed by atoms with Crippen LogP contribution in [0.2, 0.25) is 0 Å². The highest BCUT2D eigenvalue weighted by atomic mass is 16.6. The maximum Gasteiger partial charge on any atom is 0.162 e. The van der Waals surface area contributed by atoms with E-state index in [2.05, 4.69) is 65.2 Å². The molecule has 2 aromatic rings. The topological polar surface area (TPSA) is 149 Å². The molecule has 0 N–H and O–H groups in total. The van der Waals surface area contributed by atoms with Crippen LogP contribution in [-0.2, 0) is 38.1 Å². The molecule has 2 heterocycles. The van der Waals surface area contributed by atoms with Gasteiger partial charge in [0.05, 0.1) is 67.1 Å². The first-order valence-electron chi connectivity index (χ1n) is 26.5. The Morgan fingerprint density at radius 3 is 0.905 bits per heavy atom. The Bertz CT molecular complexity index is 2360. The van der Waals surface area contributed by atoms with Crippen molar-refractivity contribution in [1.29, 1.82) is 0 Å². The van der Waals surface area contributed by atoms with Gasteiger partial charge in [-0.05, 0) is 82.7 Å². The Morgan fingerprint density at radius 2 is 0.649 bits per heavy atom. The number of ether oxygens (including phenoxy) is 8. The summed E-state index contributed by atoms with van der Waals surface area (Å²) in [5, 5.41) is 0. The highest BCUT2D eigenvalue weighted by molar-refractivity contribution is 6.08. The number of rotatable bonds is 21. The smallest absolute Gasteiger partial charge is 0.162 e. The van der Waals surface area contributed by atoms with E-state index in [4.69, 9.17) is 37.9 Å². The van der Waals surface area contributed by atoms with Crippen molar-refractivity contribution in [1.82, 2.24) is 9.80 Å². The molecular weight excluding hydrogens is 941 g/mol. The molecule has 6 aliphatic rings. The van der Waals surface area contributed by atoms with Gasteiger partial charge in [-0.1, -0.05) is 67.5 Å². The predicted molar refractivity (Wildman–Crippen MR) is 281 cm³/mol. The van der Waals surface area contributed by atoms with Crippen molar-refractivity contribution >= 4 is 23.1 Å². The highest BCUT2D eigenvalue weighted by Gasteiger charge is 2.50. The molecule has 0 radical (unpaired) electrons. The van der Waals surface area contributed by atoms with Crippen molar-refractivity contribution in [2.45, 2.75) is 119 Å². The lowest BCUT2D eigenvalue weighted by molar-refractivity contribution is -0.121. The molecule has 4 aliphatic carbocycles. The minimum Gasteiger partial charge on any atom is -0.493 e. The Hall–Kier alpha value is -5.28. The monoisotopic (exact) mass is 1020 g/mol. The summed E-state index contributed by atoms with van der Waals surface area (Å²) in [5.74, 6) is 1.69. The first-order valence-corrected chi connectivity index (χ1v) is 26.5. The van der Waals surface area contributed by atoms with E-state index in [0.29, 0.717) is 115 Å². The zero-order valence-electron chi connectivity index (χ0n) is 46.1. The molecule has 0 unspecified atom stereocenters. The molecule has 0 atom stereocenters. The van der Waals surface area contributed by atoms with Crippen LogP contribution in [0.4, 0.5) is 0 Å². The summed E-state index contributed by atoms with van der Waals surface area (Å²) >= 11 is 0. The number of nitrogens with zero attached hydrogens (tertiary/aromatic N) is 2. The minimum atomic E-state index is -0.447. The summed E-state index contributed by atoms with van der Waals surface area (Å²) in [4.78, 5) is 59.9. The van der Waals surface area contributed by atoms with E-state index in [1.54, 1.807) is 14.2 Å². The number of hydrogen-bond acceptors (Lipinski definition) is 14. The summed E-state index contributed by atoms with van der Waals surface area (Å²) < 4.78 is 46.7. The fraction of sp³-hybridized carbons (Fsp3) is 0.600. The third-order valence-electron chi connectivity index (χ3n) is 15.5. The SMILES string of the molecule is COc1cc(C2C3=C(CC(C)(C)CC3=O)N(C)C3=C2C(=O)CC(C)(C)C3)ccc1OCCOCCOCCOCCOCCOc1ccc(C2C3=C(CC(C)(C)CC3=O)N(C)C3=C2C(=O)CC(C)(C)C3)cc1OC. The van der Waals surface area contributed by atoms with Gasteiger partial charge in [0, 0.05) is 96.7 Å². The third-order valence-corrected chi connectivity index (χ3v) is 15.5. The Labute approximate surface area is 438 Å². The second-order valence-corrected chi connectivity index (χ2v) is 24.2. The molecule has 2 aliphatic heterocycles. The average Bonchev–Trinajstić information content (AvgIpc) is 3.31. The van der Waals surface area contributed by atoms with E-state index in [1.165, 1.54) is 0 Å². The summed E-state index contributed by atoms with van der Waals surface area (Å²) in [5.41, 5.74) is 8.05. The van der Waals surface area contributed by atoms with Gasteiger partial charge in [-0.2, -0.15) is 0 Å². The standard InChI is InChI=1S/C60H80N2O12/c1-57(2)29-39-53(43(63)33-57)51(54-40(61(39)9)30-58(3,4)34-44(54)64)37-13-15-47(49(27-37)67-11)73-25-23-71-21-19-69-17-18-70-20-22-72-24-26-74-48-16-14-38(28-50(48)68-12)52-55-41(31-59(5,6)35-45(55)65)62(10)42-32-60(7,8)36-46(66)56(42)52/h13-16,27-28,51-52H,17-26,29-36H2,1-12H3. The lowest BCUT2D eigenvalue weighted by Crippen LogP contribution is -2.43. The normalized spacial score (nSPS) is 21.5. The quantitative estimate of drug-likeness (QED) is 0.109. The zero-order valence-corrected chi connectivity index (χ0v) is 46.1. The fourth-order valence-corrected chi connectivity index (χ4v) is 12.1. The van der Waals surface area contributed by atoms with Crippen molar-refractivity contribution in [3.63, 3.8) is 0 Å². The van der Waals surface area contributed by atoms with Gasteiger partial charge < -0.3 is 47.7 Å². The van der Waals surface area contributed by atoms with Crippen LogP contribution in [-0.4, -0.2) is 127 Å². The van der Waals surface area contributed by atoms with E-state index in [0.717, 1.165) is 81.9 Å². The number of ketones is 4. The van der Waals surface area contributed by atoms with Gasteiger partial charge in [0.15, 0.2) is 46.1 Å². The van der Waals surface area contributed by atoms with Gasteiger partial charge in [0.2, 0.25) is 0 Å². The molecule has 0 spiro atoms. The summed E-state index contributed by atoms with van der Waals surface area (Å²) in [6.45, 7) is 20.8. The van der Waals surface area contributed by atoms with Crippen molar-refractivity contribution in [2.24, 2.45) is 21.7 Å². The molecule has 0 fully saturated rings. The van der Waals surface area contributed by atoms with Gasteiger partial charge in [-0.15, -0.1) is 0 Å². The number of Topliss-reactive ketones (excluding diaryl/α,β-unsaturated/α-hetero) is 4. The molecule has 0 bridgehead atoms. The highest BCUT2D eigenvalue weighted by Crippen LogP contribution is 2.56. The van der Waals surface area contributed by atoms with Crippen LogP contribution in [0.1, 0.15) is 130 Å². The predicted octanol–water partition coefficient (Wildman–Crippen LogP) is 9.86. The molecule has 0 saturated heterocycles. The molecule has 8 rings (SSSR count). The Kier molecular flexibility index (Phi) is 16.4. The van der Waals surface area contributed by atoms with Crippen LogP contribution in [0.15, 0.2) is 81.5 Å². The lowest BCUT2D eigenvalue weighted by Gasteiger charge is -2.48. The van der Waals surface area contributed by atoms with Crippen LogP contribution >= 0.6 is 0 Å². The number of carbonyl (C=O) groups is 4. The van der Waals surface area contributed by atoms with Crippen LogP contribution in [0.25, 0.3) is 0 Å². The molecule has 0 saturated carbocycles. The van der Waals surface area contributed by atoms with Crippen molar-refractivity contribution in [3.05, 3.63) is 92.6 Å². The second kappa shape index (κ2) is 22.1. The van der Waals surface area contributed by atoms with E-state index >= 15 is 0 Å². The molecule has 74 heavy (non-hydrogen) atoms. The van der Waals surface area contributed by atoms with Gasteiger partial charge in [0.1, 0.15) is 13.2 Å². The van der Waals surface area contributed by atoms with Gasteiger partial charge in [-0.3, -0.25) is 19.2 Å².